The van der Waals surface area contributed by atoms with Crippen LogP contribution in [-0.4, -0.2) is 16.2 Å². The summed E-state index contributed by atoms with van der Waals surface area (Å²) in [5, 5.41) is 10.2. The minimum absolute atomic E-state index is 0.416. The molecule has 11 aromatic rings. The number of fused-ring (bicyclic) bond motifs is 9. The highest BCUT2D eigenvalue weighted by atomic mass is 16.3. The summed E-state index contributed by atoms with van der Waals surface area (Å²) in [6, 6.07) is 63.2. The molecule has 8 aromatic carbocycles. The van der Waals surface area contributed by atoms with Crippen molar-refractivity contribution in [3.8, 4) is 16.8 Å². The molecule has 1 N–H and O–H groups in total. The monoisotopic (exact) mass is 732 g/mol. The summed E-state index contributed by atoms with van der Waals surface area (Å²) in [4.78, 5) is 10.5. The van der Waals surface area contributed by atoms with E-state index in [4.69, 9.17) is 18.8 Å². The lowest BCUT2D eigenvalue weighted by atomic mass is 9.99. The summed E-state index contributed by atoms with van der Waals surface area (Å²) in [6.45, 7) is 0. The van der Waals surface area contributed by atoms with Crippen LogP contribution in [0.3, 0.4) is 0 Å². The van der Waals surface area contributed by atoms with Crippen LogP contribution in [0.15, 0.2) is 201 Å². The Hall–Kier alpha value is -7.70. The normalized spacial score (nSPS) is 14.5. The third kappa shape index (κ3) is 4.97. The van der Waals surface area contributed by atoms with Gasteiger partial charge in [-0.15, -0.1) is 0 Å². The maximum absolute atomic E-state index is 6.65. The molecule has 4 heterocycles. The summed E-state index contributed by atoms with van der Waals surface area (Å²) in [5.74, 6) is 1.39. The first-order chi connectivity index (χ1) is 28.2. The van der Waals surface area contributed by atoms with Crippen LogP contribution >= 0.6 is 0 Å². The fourth-order valence-corrected chi connectivity index (χ4v) is 8.70. The van der Waals surface area contributed by atoms with E-state index in [0.29, 0.717) is 5.84 Å². The zero-order chi connectivity index (χ0) is 37.5. The highest BCUT2D eigenvalue weighted by Crippen LogP contribution is 2.40. The summed E-state index contributed by atoms with van der Waals surface area (Å²) in [7, 11) is 0. The molecule has 0 bridgehead atoms. The van der Waals surface area contributed by atoms with Crippen LogP contribution in [0.5, 0.6) is 0 Å². The SMILES string of the molecule is c1ccc(C2=NC(c3cccc4oc5cc(-c6ccc7c(c6)c6ccccc6n7-c6ccccc6)ccc5c34)=NC(c3cccc4oc5ccccc5c34)N2)cc1. The van der Waals surface area contributed by atoms with Gasteiger partial charge in [-0.2, -0.15) is 0 Å². The van der Waals surface area contributed by atoms with E-state index in [2.05, 4.69) is 131 Å². The predicted octanol–water partition coefficient (Wildman–Crippen LogP) is 12.7. The van der Waals surface area contributed by atoms with Crippen molar-refractivity contribution in [3.63, 3.8) is 0 Å². The molecule has 0 fully saturated rings. The van der Waals surface area contributed by atoms with Gasteiger partial charge in [-0.1, -0.05) is 121 Å². The van der Waals surface area contributed by atoms with Crippen LogP contribution in [0.2, 0.25) is 0 Å². The molecular weight excluding hydrogens is 701 g/mol. The van der Waals surface area contributed by atoms with Crippen LogP contribution in [0.25, 0.3) is 82.5 Å². The number of aliphatic imine (C=N–C) groups is 2. The van der Waals surface area contributed by atoms with Gasteiger partial charge in [0, 0.05) is 54.7 Å². The molecule has 3 aromatic heterocycles. The van der Waals surface area contributed by atoms with E-state index in [1.807, 2.05) is 60.7 Å². The molecule has 1 aliphatic heterocycles. The molecular formula is C51H32N4O2. The van der Waals surface area contributed by atoms with E-state index in [0.717, 1.165) is 83.2 Å². The average molecular weight is 733 g/mol. The standard InChI is InChI=1S/C51H32N4O2/c1-3-13-31(14-4-1)49-52-50(38-19-11-23-44-47(38)36-18-8-10-22-43(36)56-44)54-51(53-49)39-20-12-24-45-48(39)37-27-25-33(30-46(37)57-45)32-26-28-42-40(29-32)35-17-7-9-21-41(35)55(42)34-15-5-2-6-16-34/h1-30,50H,(H,52,53,54). The second kappa shape index (κ2) is 12.4. The summed E-state index contributed by atoms with van der Waals surface area (Å²) in [5.41, 5.74) is 11.9. The number of hydrogen-bond donors (Lipinski definition) is 1. The molecule has 0 saturated heterocycles. The number of amidine groups is 2. The number of furan rings is 2. The Balaban J connectivity index is 1.00. The molecule has 0 saturated carbocycles. The smallest absolute Gasteiger partial charge is 0.160 e. The van der Waals surface area contributed by atoms with Crippen molar-refractivity contribution in [1.82, 2.24) is 9.88 Å². The van der Waals surface area contributed by atoms with Gasteiger partial charge in [0.2, 0.25) is 0 Å². The maximum Gasteiger partial charge on any atom is 0.160 e. The zero-order valence-corrected chi connectivity index (χ0v) is 30.6. The Bertz CT molecular complexity index is 3440. The van der Waals surface area contributed by atoms with Gasteiger partial charge in [-0.05, 0) is 71.8 Å². The predicted molar refractivity (Wildman–Crippen MR) is 233 cm³/mol. The van der Waals surface area contributed by atoms with Crippen LogP contribution in [0.4, 0.5) is 0 Å². The van der Waals surface area contributed by atoms with Crippen LogP contribution in [-0.2, 0) is 0 Å². The Morgan fingerprint density at radius 2 is 1.11 bits per heavy atom. The lowest BCUT2D eigenvalue weighted by molar-refractivity contribution is 0.662. The minimum Gasteiger partial charge on any atom is -0.456 e. The molecule has 57 heavy (non-hydrogen) atoms. The number of nitrogens with zero attached hydrogens (tertiary/aromatic N) is 3. The molecule has 0 amide bonds. The van der Waals surface area contributed by atoms with Crippen LogP contribution in [0, 0.1) is 0 Å². The first kappa shape index (κ1) is 31.6. The second-order valence-corrected chi connectivity index (χ2v) is 14.6. The highest BCUT2D eigenvalue weighted by molar-refractivity contribution is 6.22. The van der Waals surface area contributed by atoms with E-state index >= 15 is 0 Å². The molecule has 0 radical (unpaired) electrons. The quantitative estimate of drug-likeness (QED) is 0.192. The Morgan fingerprint density at radius 1 is 0.456 bits per heavy atom. The van der Waals surface area contributed by atoms with E-state index in [-0.39, 0.29) is 0 Å². The van der Waals surface area contributed by atoms with Gasteiger partial charge in [0.25, 0.3) is 0 Å². The Labute approximate surface area is 326 Å². The first-order valence-corrected chi connectivity index (χ1v) is 19.2. The van der Waals surface area contributed by atoms with Crippen molar-refractivity contribution in [2.24, 2.45) is 9.98 Å². The largest absolute Gasteiger partial charge is 0.456 e. The molecule has 1 aliphatic rings. The summed E-state index contributed by atoms with van der Waals surface area (Å²) < 4.78 is 15.3. The summed E-state index contributed by atoms with van der Waals surface area (Å²) >= 11 is 0. The highest BCUT2D eigenvalue weighted by Gasteiger charge is 2.26. The van der Waals surface area contributed by atoms with Gasteiger partial charge in [0.05, 0.1) is 11.0 Å². The molecule has 1 atom stereocenters. The van der Waals surface area contributed by atoms with Crippen LogP contribution < -0.4 is 5.32 Å². The first-order valence-electron chi connectivity index (χ1n) is 19.2. The van der Waals surface area contributed by atoms with E-state index in [1.165, 1.54) is 21.8 Å². The number of hydrogen-bond acceptors (Lipinski definition) is 5. The van der Waals surface area contributed by atoms with Gasteiger partial charge in [-0.25, -0.2) is 9.98 Å². The number of rotatable bonds is 5. The van der Waals surface area contributed by atoms with Crippen molar-refractivity contribution < 1.29 is 8.83 Å². The van der Waals surface area contributed by atoms with E-state index in [9.17, 15) is 0 Å². The number of para-hydroxylation sites is 3. The van der Waals surface area contributed by atoms with Gasteiger partial charge < -0.3 is 18.7 Å². The molecule has 1 unspecified atom stereocenters. The van der Waals surface area contributed by atoms with Gasteiger partial charge in [0.1, 0.15) is 34.3 Å². The molecule has 0 spiro atoms. The Morgan fingerprint density at radius 3 is 1.98 bits per heavy atom. The van der Waals surface area contributed by atoms with E-state index in [1.54, 1.807) is 0 Å². The fourth-order valence-electron chi connectivity index (χ4n) is 8.70. The number of aromatic nitrogens is 1. The molecule has 12 rings (SSSR count). The summed E-state index contributed by atoms with van der Waals surface area (Å²) in [6.07, 6.45) is -0.416. The lowest BCUT2D eigenvalue weighted by Gasteiger charge is -2.24. The van der Waals surface area contributed by atoms with Crippen molar-refractivity contribution >= 4 is 77.4 Å². The maximum atomic E-state index is 6.65. The molecule has 268 valence electrons. The van der Waals surface area contributed by atoms with Gasteiger partial charge in [0.15, 0.2) is 5.84 Å². The molecule has 0 aliphatic carbocycles. The Kier molecular flexibility index (Phi) is 6.89. The third-order valence-corrected chi connectivity index (χ3v) is 11.3. The minimum atomic E-state index is -0.416. The van der Waals surface area contributed by atoms with Crippen molar-refractivity contribution in [2.45, 2.75) is 6.17 Å². The van der Waals surface area contributed by atoms with Crippen molar-refractivity contribution in [1.29, 1.82) is 0 Å². The average Bonchev–Trinajstić information content (AvgIpc) is 3.96. The number of benzene rings is 8. The van der Waals surface area contributed by atoms with Gasteiger partial charge in [-0.3, -0.25) is 0 Å². The van der Waals surface area contributed by atoms with Crippen molar-refractivity contribution in [2.75, 3.05) is 0 Å². The van der Waals surface area contributed by atoms with Gasteiger partial charge >= 0.3 is 0 Å². The lowest BCUT2D eigenvalue weighted by Crippen LogP contribution is -2.33. The second-order valence-electron chi connectivity index (χ2n) is 14.6. The molecule has 6 heteroatoms. The van der Waals surface area contributed by atoms with Crippen LogP contribution in [0.1, 0.15) is 22.9 Å². The van der Waals surface area contributed by atoms with E-state index < -0.39 is 6.17 Å². The third-order valence-electron chi connectivity index (χ3n) is 11.3. The van der Waals surface area contributed by atoms with Crippen molar-refractivity contribution in [3.05, 3.63) is 199 Å². The number of nitrogens with one attached hydrogen (secondary N) is 1. The topological polar surface area (TPSA) is 68.0 Å². The molecule has 6 nitrogen and oxygen atoms in total. The zero-order valence-electron chi connectivity index (χ0n) is 30.6. The fraction of sp³-hybridized carbons (Fsp3) is 0.0196.